The van der Waals surface area contributed by atoms with Crippen LogP contribution in [0.3, 0.4) is 0 Å². The summed E-state index contributed by atoms with van der Waals surface area (Å²) >= 11 is 0. The van der Waals surface area contributed by atoms with Crippen molar-refractivity contribution in [2.24, 2.45) is 5.10 Å². The largest absolute Gasteiger partial charge is 0.497 e. The number of aliphatic hydroxyl groups is 1. The average Bonchev–Trinajstić information content (AvgIpc) is 2.91. The summed E-state index contributed by atoms with van der Waals surface area (Å²) in [5.74, 6) is 1.37. The van der Waals surface area contributed by atoms with Gasteiger partial charge in [0.2, 0.25) is 0 Å². The van der Waals surface area contributed by atoms with Gasteiger partial charge >= 0.3 is 12.0 Å². The molecule has 2 amide bonds. The van der Waals surface area contributed by atoms with Crippen LogP contribution in [0.4, 0.5) is 4.79 Å². The SMILES string of the molecule is CCOc1cc([C@H]2NC(=O)NC(C)=C2C(=O)OC)ccc1OC[C@H](O)N/N=C\c1ccc(OC)cc1OC. The molecular weight excluding hydrogens is 496 g/mol. The van der Waals surface area contributed by atoms with Crippen molar-refractivity contribution >= 4 is 18.2 Å². The number of carbonyl (C=O) groups excluding carboxylic acids is 2. The van der Waals surface area contributed by atoms with Crippen LogP contribution < -0.4 is 35.0 Å². The monoisotopic (exact) mass is 528 g/mol. The summed E-state index contributed by atoms with van der Waals surface area (Å²) in [4.78, 5) is 24.5. The minimum Gasteiger partial charge on any atom is -0.497 e. The molecule has 38 heavy (non-hydrogen) atoms. The van der Waals surface area contributed by atoms with Gasteiger partial charge < -0.3 is 39.4 Å². The Morgan fingerprint density at radius 2 is 1.89 bits per heavy atom. The van der Waals surface area contributed by atoms with E-state index in [1.165, 1.54) is 20.4 Å². The van der Waals surface area contributed by atoms with Gasteiger partial charge in [0.25, 0.3) is 0 Å². The molecule has 1 aliphatic heterocycles. The minimum atomic E-state index is -1.13. The fourth-order valence-corrected chi connectivity index (χ4v) is 3.74. The summed E-state index contributed by atoms with van der Waals surface area (Å²) in [5.41, 5.74) is 4.53. The molecule has 0 spiro atoms. The van der Waals surface area contributed by atoms with Crippen LogP contribution in [0.1, 0.15) is 31.0 Å². The lowest BCUT2D eigenvalue weighted by molar-refractivity contribution is -0.136. The number of allylic oxidation sites excluding steroid dienone is 1. The van der Waals surface area contributed by atoms with Crippen molar-refractivity contribution in [3.8, 4) is 23.0 Å². The van der Waals surface area contributed by atoms with Crippen LogP contribution in [0.15, 0.2) is 52.8 Å². The van der Waals surface area contributed by atoms with Crippen LogP contribution >= 0.6 is 0 Å². The van der Waals surface area contributed by atoms with Gasteiger partial charge in [-0.05, 0) is 43.7 Å². The number of rotatable bonds is 12. The molecule has 0 aliphatic carbocycles. The lowest BCUT2D eigenvalue weighted by atomic mass is 9.95. The molecule has 12 heteroatoms. The van der Waals surface area contributed by atoms with Crippen LogP contribution in [0.2, 0.25) is 0 Å². The number of benzene rings is 2. The number of nitrogens with one attached hydrogen (secondary N) is 3. The van der Waals surface area contributed by atoms with Gasteiger partial charge in [-0.25, -0.2) is 9.59 Å². The Morgan fingerprint density at radius 3 is 2.58 bits per heavy atom. The molecule has 204 valence electrons. The summed E-state index contributed by atoms with van der Waals surface area (Å²) in [7, 11) is 4.37. The van der Waals surface area contributed by atoms with E-state index < -0.39 is 24.3 Å². The van der Waals surface area contributed by atoms with E-state index in [2.05, 4.69) is 21.2 Å². The number of urea groups is 1. The van der Waals surface area contributed by atoms with Gasteiger partial charge in [-0.2, -0.15) is 5.10 Å². The first-order valence-electron chi connectivity index (χ1n) is 11.8. The molecule has 0 aromatic heterocycles. The third kappa shape index (κ3) is 6.85. The molecule has 1 heterocycles. The Bertz CT molecular complexity index is 1210. The van der Waals surface area contributed by atoms with Crippen molar-refractivity contribution in [2.75, 3.05) is 34.5 Å². The molecule has 4 N–H and O–H groups in total. The number of aliphatic hydroxyl groups excluding tert-OH is 1. The Labute approximate surface area is 220 Å². The number of nitrogens with zero attached hydrogens (tertiary/aromatic N) is 1. The van der Waals surface area contributed by atoms with Crippen LogP contribution in [-0.4, -0.2) is 64.1 Å². The Morgan fingerprint density at radius 1 is 1.11 bits per heavy atom. The quantitative estimate of drug-likeness (QED) is 0.141. The lowest BCUT2D eigenvalue weighted by Crippen LogP contribution is -2.45. The third-order valence-electron chi connectivity index (χ3n) is 5.54. The summed E-state index contributed by atoms with van der Waals surface area (Å²) in [5, 5.41) is 19.7. The van der Waals surface area contributed by atoms with Crippen LogP contribution in [0.5, 0.6) is 23.0 Å². The predicted molar refractivity (Wildman–Crippen MR) is 139 cm³/mol. The molecule has 0 saturated heterocycles. The molecule has 0 unspecified atom stereocenters. The highest BCUT2D eigenvalue weighted by atomic mass is 16.5. The smallest absolute Gasteiger partial charge is 0.337 e. The first-order valence-corrected chi connectivity index (χ1v) is 11.8. The Hall–Kier alpha value is -4.45. The van der Waals surface area contributed by atoms with Crippen molar-refractivity contribution in [1.29, 1.82) is 0 Å². The zero-order valence-electron chi connectivity index (χ0n) is 21.9. The highest BCUT2D eigenvalue weighted by Gasteiger charge is 2.32. The van der Waals surface area contributed by atoms with Gasteiger partial charge in [-0.1, -0.05) is 6.07 Å². The normalized spacial score (nSPS) is 15.8. The second-order valence-electron chi connectivity index (χ2n) is 8.02. The number of hydrazone groups is 1. The predicted octanol–water partition coefficient (Wildman–Crippen LogP) is 2.22. The number of carbonyl (C=O) groups is 2. The average molecular weight is 529 g/mol. The summed E-state index contributed by atoms with van der Waals surface area (Å²) in [6, 6.07) is 9.06. The number of amides is 2. The van der Waals surface area contributed by atoms with E-state index in [0.717, 1.165) is 0 Å². The Balaban J connectivity index is 1.70. The standard InChI is InChI=1S/C26H32N4O8/c1-6-37-21-11-16(24-23(25(32)36-5)15(2)28-26(33)29-24)8-10-19(21)38-14-22(31)30-27-13-17-7-9-18(34-3)12-20(17)35-4/h7-13,22,24,30-31H,6,14H2,1-5H3,(H2,28,29,33)/b27-13-/t22-,24+/m0/s1. The highest BCUT2D eigenvalue weighted by molar-refractivity contribution is 5.95. The zero-order valence-corrected chi connectivity index (χ0v) is 21.9. The number of esters is 1. The van der Waals surface area contributed by atoms with Crippen molar-refractivity contribution in [3.05, 3.63) is 58.8 Å². The fourth-order valence-electron chi connectivity index (χ4n) is 3.74. The van der Waals surface area contributed by atoms with E-state index in [4.69, 9.17) is 23.7 Å². The molecule has 0 bridgehead atoms. The topological polar surface area (TPSA) is 149 Å². The van der Waals surface area contributed by atoms with E-state index in [-0.39, 0.29) is 12.2 Å². The second kappa shape index (κ2) is 13.2. The maximum absolute atomic E-state index is 12.4. The number of hydrogen-bond acceptors (Lipinski definition) is 10. The molecule has 12 nitrogen and oxygen atoms in total. The van der Waals surface area contributed by atoms with Crippen LogP contribution in [-0.2, 0) is 9.53 Å². The maximum atomic E-state index is 12.4. The number of hydrogen-bond donors (Lipinski definition) is 4. The first-order chi connectivity index (χ1) is 18.3. The second-order valence-corrected chi connectivity index (χ2v) is 8.02. The van der Waals surface area contributed by atoms with E-state index in [1.807, 2.05) is 6.92 Å². The highest BCUT2D eigenvalue weighted by Crippen LogP contribution is 2.35. The first kappa shape index (κ1) is 28.1. The third-order valence-corrected chi connectivity index (χ3v) is 5.54. The van der Waals surface area contributed by atoms with Gasteiger partial charge in [-0.3, -0.25) is 5.43 Å². The van der Waals surface area contributed by atoms with Crippen molar-refractivity contribution in [1.82, 2.24) is 16.1 Å². The fraction of sp³-hybridized carbons (Fsp3) is 0.346. The van der Waals surface area contributed by atoms with Gasteiger partial charge in [0.05, 0.1) is 45.8 Å². The van der Waals surface area contributed by atoms with Gasteiger partial charge in [0.1, 0.15) is 18.1 Å². The zero-order chi connectivity index (χ0) is 27.7. The van der Waals surface area contributed by atoms with Gasteiger partial charge in [0, 0.05) is 17.3 Å². The molecule has 1 aliphatic rings. The molecule has 2 aromatic carbocycles. The number of methoxy groups -OCH3 is 3. The van der Waals surface area contributed by atoms with Gasteiger partial charge in [-0.15, -0.1) is 0 Å². The van der Waals surface area contributed by atoms with E-state index in [9.17, 15) is 14.7 Å². The molecule has 0 radical (unpaired) electrons. The molecular formula is C26H32N4O8. The van der Waals surface area contributed by atoms with Crippen molar-refractivity contribution < 1.29 is 38.4 Å². The number of ether oxygens (including phenoxy) is 5. The van der Waals surface area contributed by atoms with E-state index >= 15 is 0 Å². The minimum absolute atomic E-state index is 0.146. The molecule has 3 rings (SSSR count). The lowest BCUT2D eigenvalue weighted by Gasteiger charge is -2.28. The van der Waals surface area contributed by atoms with Crippen molar-refractivity contribution in [2.45, 2.75) is 26.1 Å². The van der Waals surface area contributed by atoms with Crippen LogP contribution in [0.25, 0.3) is 0 Å². The van der Waals surface area contributed by atoms with Gasteiger partial charge in [0.15, 0.2) is 17.7 Å². The summed E-state index contributed by atoms with van der Waals surface area (Å²) in [6.45, 7) is 3.63. The molecule has 2 atom stereocenters. The summed E-state index contributed by atoms with van der Waals surface area (Å²) in [6.07, 6.45) is 0.369. The van der Waals surface area contributed by atoms with Crippen LogP contribution in [0, 0.1) is 0 Å². The molecule has 0 fully saturated rings. The Kier molecular flexibility index (Phi) is 9.77. The van der Waals surface area contributed by atoms with Crippen molar-refractivity contribution in [3.63, 3.8) is 0 Å². The van der Waals surface area contributed by atoms with E-state index in [0.29, 0.717) is 46.4 Å². The molecule has 2 aromatic rings. The maximum Gasteiger partial charge on any atom is 0.337 e. The summed E-state index contributed by atoms with van der Waals surface area (Å²) < 4.78 is 26.9. The molecule has 0 saturated carbocycles. The van der Waals surface area contributed by atoms with E-state index in [1.54, 1.807) is 50.4 Å².